The number of hydrogen-bond acceptors (Lipinski definition) is 6. The second-order valence-corrected chi connectivity index (χ2v) is 8.49. The molecule has 3 aromatic rings. The van der Waals surface area contributed by atoms with Gasteiger partial charge in [0.05, 0.1) is 31.9 Å². The van der Waals surface area contributed by atoms with E-state index >= 15 is 0 Å². The number of para-hydroxylation sites is 2. The van der Waals surface area contributed by atoms with E-state index in [1.54, 1.807) is 36.4 Å². The van der Waals surface area contributed by atoms with E-state index in [9.17, 15) is 13.2 Å². The molecule has 0 aliphatic carbocycles. The van der Waals surface area contributed by atoms with Crippen molar-refractivity contribution in [1.82, 2.24) is 0 Å². The molecule has 3 aromatic carbocycles. The van der Waals surface area contributed by atoms with Crippen LogP contribution < -0.4 is 24.2 Å². The second-order valence-electron chi connectivity index (χ2n) is 6.81. The van der Waals surface area contributed by atoms with E-state index in [0.717, 1.165) is 5.56 Å². The predicted octanol–water partition coefficient (Wildman–Crippen LogP) is 4.07. The summed E-state index contributed by atoms with van der Waals surface area (Å²) in [6.07, 6.45) is 0. The van der Waals surface area contributed by atoms with Gasteiger partial charge in [0.25, 0.3) is 15.9 Å². The van der Waals surface area contributed by atoms with Crippen LogP contribution in [0, 0.1) is 6.92 Å². The van der Waals surface area contributed by atoms with Crippen molar-refractivity contribution >= 4 is 27.3 Å². The summed E-state index contributed by atoms with van der Waals surface area (Å²) in [7, 11) is 0.643. The van der Waals surface area contributed by atoms with Crippen molar-refractivity contribution < 1.29 is 27.4 Å². The van der Waals surface area contributed by atoms with E-state index in [1.165, 1.54) is 45.6 Å². The Hall–Kier alpha value is -3.72. The average molecular weight is 457 g/mol. The lowest BCUT2D eigenvalue weighted by molar-refractivity contribution is 0.102. The lowest BCUT2D eigenvalue weighted by Gasteiger charge is -2.14. The minimum atomic E-state index is -3.86. The van der Waals surface area contributed by atoms with Crippen LogP contribution in [-0.2, 0) is 10.0 Å². The van der Waals surface area contributed by atoms with Gasteiger partial charge in [-0.05, 0) is 55.0 Å². The van der Waals surface area contributed by atoms with Gasteiger partial charge in [-0.15, -0.1) is 0 Å². The molecule has 0 aliphatic rings. The fraction of sp³-hybridized carbons (Fsp3) is 0.174. The summed E-state index contributed by atoms with van der Waals surface area (Å²) in [5.41, 5.74) is 1.97. The number of nitrogens with one attached hydrogen (secondary N) is 2. The minimum absolute atomic E-state index is 0.0160. The van der Waals surface area contributed by atoms with E-state index in [-0.39, 0.29) is 10.8 Å². The zero-order chi connectivity index (χ0) is 23.3. The molecule has 0 aliphatic heterocycles. The summed E-state index contributed by atoms with van der Waals surface area (Å²) in [6, 6.07) is 15.8. The van der Waals surface area contributed by atoms with Crippen molar-refractivity contribution in [1.29, 1.82) is 0 Å². The minimum Gasteiger partial charge on any atom is -0.495 e. The molecule has 1 amide bonds. The van der Waals surface area contributed by atoms with Crippen LogP contribution in [0.1, 0.15) is 15.9 Å². The summed E-state index contributed by atoms with van der Waals surface area (Å²) < 4.78 is 43.7. The third-order valence-electron chi connectivity index (χ3n) is 4.76. The molecule has 0 heterocycles. The zero-order valence-electron chi connectivity index (χ0n) is 18.1. The van der Waals surface area contributed by atoms with Gasteiger partial charge in [-0.3, -0.25) is 9.52 Å². The number of rotatable bonds is 8. The first-order valence-electron chi connectivity index (χ1n) is 9.59. The molecule has 0 saturated heterocycles. The number of carbonyl (C=O) groups excluding carboxylic acids is 1. The Morgan fingerprint density at radius 2 is 1.38 bits per heavy atom. The van der Waals surface area contributed by atoms with Gasteiger partial charge in [0, 0.05) is 17.3 Å². The fourth-order valence-electron chi connectivity index (χ4n) is 3.03. The topological polar surface area (TPSA) is 103 Å². The molecule has 0 fully saturated rings. The molecule has 0 radical (unpaired) electrons. The maximum absolute atomic E-state index is 12.7. The molecule has 0 unspecified atom stereocenters. The van der Waals surface area contributed by atoms with Crippen molar-refractivity contribution in [2.45, 2.75) is 11.8 Å². The van der Waals surface area contributed by atoms with Crippen LogP contribution in [0.2, 0.25) is 0 Å². The molecule has 9 heteroatoms. The molecule has 2 N–H and O–H groups in total. The van der Waals surface area contributed by atoms with Gasteiger partial charge in [0.2, 0.25) is 0 Å². The second kappa shape index (κ2) is 9.61. The highest BCUT2D eigenvalue weighted by Crippen LogP contribution is 2.33. The summed E-state index contributed by atoms with van der Waals surface area (Å²) in [4.78, 5) is 12.7. The highest BCUT2D eigenvalue weighted by molar-refractivity contribution is 7.92. The number of carbonyl (C=O) groups is 1. The number of methoxy groups -OCH3 is 3. The van der Waals surface area contributed by atoms with Crippen molar-refractivity contribution in [2.75, 3.05) is 31.4 Å². The van der Waals surface area contributed by atoms with Gasteiger partial charge in [-0.2, -0.15) is 0 Å². The Morgan fingerprint density at radius 1 is 0.781 bits per heavy atom. The van der Waals surface area contributed by atoms with E-state index < -0.39 is 10.0 Å². The summed E-state index contributed by atoms with van der Waals surface area (Å²) >= 11 is 0. The van der Waals surface area contributed by atoms with Crippen molar-refractivity contribution in [3.8, 4) is 17.2 Å². The van der Waals surface area contributed by atoms with Gasteiger partial charge in [-0.25, -0.2) is 8.42 Å². The largest absolute Gasteiger partial charge is 0.495 e. The summed E-state index contributed by atoms with van der Waals surface area (Å²) in [5, 5.41) is 2.81. The van der Waals surface area contributed by atoms with Crippen molar-refractivity contribution in [3.63, 3.8) is 0 Å². The molecule has 0 saturated carbocycles. The highest BCUT2D eigenvalue weighted by atomic mass is 32.2. The van der Waals surface area contributed by atoms with E-state index in [2.05, 4.69) is 10.0 Å². The predicted molar refractivity (Wildman–Crippen MR) is 122 cm³/mol. The standard InChI is InChI=1S/C23H24N2O6S/c1-15-13-21(30-3)22(31-4)14-19(15)24-23(26)16-9-11-17(12-10-16)32(27,28)25-18-7-5-6-8-20(18)29-2/h5-14,25H,1-4H3,(H,24,26). The van der Waals surface area contributed by atoms with Crippen LogP contribution in [0.5, 0.6) is 17.2 Å². The maximum atomic E-state index is 12.7. The molecule has 0 bridgehead atoms. The molecule has 0 atom stereocenters. The Kier molecular flexibility index (Phi) is 6.89. The smallest absolute Gasteiger partial charge is 0.262 e. The molecular formula is C23H24N2O6S. The number of ether oxygens (including phenoxy) is 3. The van der Waals surface area contributed by atoms with E-state index in [1.807, 2.05) is 6.92 Å². The Balaban J connectivity index is 1.79. The SMILES string of the molecule is COc1ccccc1NS(=O)(=O)c1ccc(C(=O)Nc2cc(OC)c(OC)cc2C)cc1. The van der Waals surface area contributed by atoms with Crippen LogP contribution in [0.4, 0.5) is 11.4 Å². The molecule has 32 heavy (non-hydrogen) atoms. The first kappa shape index (κ1) is 23.0. The third kappa shape index (κ3) is 4.94. The average Bonchev–Trinajstić information content (AvgIpc) is 2.80. The van der Waals surface area contributed by atoms with Gasteiger partial charge in [0.1, 0.15) is 5.75 Å². The molecule has 8 nitrogen and oxygen atoms in total. The molecule has 0 aromatic heterocycles. The van der Waals surface area contributed by atoms with E-state index in [4.69, 9.17) is 14.2 Å². The van der Waals surface area contributed by atoms with Crippen LogP contribution in [0.15, 0.2) is 65.6 Å². The van der Waals surface area contributed by atoms with Crippen molar-refractivity contribution in [2.24, 2.45) is 0 Å². The van der Waals surface area contributed by atoms with Gasteiger partial charge in [0.15, 0.2) is 11.5 Å². The maximum Gasteiger partial charge on any atom is 0.262 e. The summed E-state index contributed by atoms with van der Waals surface area (Å²) in [6.45, 7) is 1.83. The number of sulfonamides is 1. The number of amides is 1. The number of aryl methyl sites for hydroxylation is 1. The monoisotopic (exact) mass is 456 g/mol. The number of hydrogen-bond donors (Lipinski definition) is 2. The lowest BCUT2D eigenvalue weighted by atomic mass is 10.1. The van der Waals surface area contributed by atoms with Crippen LogP contribution in [0.25, 0.3) is 0 Å². The van der Waals surface area contributed by atoms with Crippen LogP contribution in [0.3, 0.4) is 0 Å². The lowest BCUT2D eigenvalue weighted by Crippen LogP contribution is -2.15. The summed E-state index contributed by atoms with van der Waals surface area (Å²) in [5.74, 6) is 1.05. The molecule has 3 rings (SSSR count). The highest BCUT2D eigenvalue weighted by Gasteiger charge is 2.18. The van der Waals surface area contributed by atoms with Gasteiger partial charge < -0.3 is 19.5 Å². The first-order chi connectivity index (χ1) is 15.3. The normalized spacial score (nSPS) is 10.9. The third-order valence-corrected chi connectivity index (χ3v) is 6.14. The Labute approximate surface area is 187 Å². The van der Waals surface area contributed by atoms with Crippen molar-refractivity contribution in [3.05, 3.63) is 71.8 Å². The quantitative estimate of drug-likeness (QED) is 0.530. The number of anilines is 2. The van der Waals surface area contributed by atoms with Gasteiger partial charge in [-0.1, -0.05) is 12.1 Å². The Morgan fingerprint density at radius 3 is 2.00 bits per heavy atom. The molecule has 0 spiro atoms. The van der Waals surface area contributed by atoms with Gasteiger partial charge >= 0.3 is 0 Å². The van der Waals surface area contributed by atoms with Crippen LogP contribution in [-0.4, -0.2) is 35.7 Å². The molecule has 168 valence electrons. The zero-order valence-corrected chi connectivity index (χ0v) is 18.9. The number of benzene rings is 3. The van der Waals surface area contributed by atoms with Crippen LogP contribution >= 0.6 is 0 Å². The Bertz CT molecular complexity index is 1220. The van der Waals surface area contributed by atoms with E-state index in [0.29, 0.717) is 34.2 Å². The molecular weight excluding hydrogens is 432 g/mol. The first-order valence-corrected chi connectivity index (χ1v) is 11.1. The fourth-order valence-corrected chi connectivity index (χ4v) is 4.10.